The molecular weight excluding hydrogens is 536 g/mol. The van der Waals surface area contributed by atoms with Crippen LogP contribution in [-0.4, -0.2) is 5.78 Å². The molecule has 33 heavy (non-hydrogen) atoms. The second-order valence-electron chi connectivity index (χ2n) is 7.58. The molecule has 4 rings (SSSR count). The molecule has 0 atom stereocenters. The molecule has 0 unspecified atom stereocenters. The van der Waals surface area contributed by atoms with E-state index in [0.29, 0.717) is 5.56 Å². The number of allylic oxidation sites excluding steroid dienone is 1. The number of halogens is 2. The van der Waals surface area contributed by atoms with Crippen LogP contribution in [0, 0.1) is 0 Å². The van der Waals surface area contributed by atoms with Gasteiger partial charge in [0, 0.05) is 14.5 Å². The van der Waals surface area contributed by atoms with E-state index in [4.69, 9.17) is 0 Å². The van der Waals surface area contributed by atoms with Gasteiger partial charge in [-0.25, -0.2) is 0 Å². The lowest BCUT2D eigenvalue weighted by Crippen LogP contribution is -1.92. The molecule has 0 aliphatic rings. The Labute approximate surface area is 213 Å². The van der Waals surface area contributed by atoms with E-state index in [0.717, 1.165) is 27.4 Å². The normalized spacial score (nSPS) is 10.5. The summed E-state index contributed by atoms with van der Waals surface area (Å²) in [5.74, 6) is 0.0218. The molecule has 0 aromatic heterocycles. The van der Waals surface area contributed by atoms with Crippen LogP contribution in [0.25, 0.3) is 6.08 Å². The highest BCUT2D eigenvalue weighted by molar-refractivity contribution is 9.10. The van der Waals surface area contributed by atoms with E-state index in [9.17, 15) is 4.79 Å². The molecule has 0 bridgehead atoms. The van der Waals surface area contributed by atoms with Crippen LogP contribution in [0.3, 0.4) is 0 Å². The first-order valence-corrected chi connectivity index (χ1v) is 12.5. The highest BCUT2D eigenvalue weighted by atomic mass is 79.9. The average molecular weight is 562 g/mol. The summed E-state index contributed by atoms with van der Waals surface area (Å²) in [6, 6.07) is 36.3. The van der Waals surface area contributed by atoms with Gasteiger partial charge in [0.25, 0.3) is 0 Å². The quantitative estimate of drug-likeness (QED) is 0.162. The molecule has 0 aliphatic heterocycles. The molecule has 0 heterocycles. The van der Waals surface area contributed by atoms with E-state index in [1.54, 1.807) is 6.08 Å². The summed E-state index contributed by atoms with van der Waals surface area (Å²) in [6.07, 6.45) is 6.95. The van der Waals surface area contributed by atoms with Crippen molar-refractivity contribution in [1.29, 1.82) is 0 Å². The number of benzene rings is 4. The van der Waals surface area contributed by atoms with E-state index in [2.05, 4.69) is 86.5 Å². The second kappa shape index (κ2) is 13.7. The summed E-state index contributed by atoms with van der Waals surface area (Å²) in [7, 11) is 0. The average Bonchev–Trinajstić information content (AvgIpc) is 2.86. The fourth-order valence-electron chi connectivity index (χ4n) is 3.24. The van der Waals surface area contributed by atoms with Crippen molar-refractivity contribution in [2.24, 2.45) is 0 Å². The van der Waals surface area contributed by atoms with Gasteiger partial charge in [0.15, 0.2) is 5.78 Å². The minimum Gasteiger partial charge on any atom is -0.289 e. The van der Waals surface area contributed by atoms with Crippen LogP contribution in [0.15, 0.2) is 124 Å². The largest absolute Gasteiger partial charge is 0.289 e. The molecule has 4 aromatic rings. The number of aryl methyl sites for hydroxylation is 2. The Bertz CT molecular complexity index is 1130. The Morgan fingerprint density at radius 1 is 0.606 bits per heavy atom. The zero-order valence-corrected chi connectivity index (χ0v) is 21.5. The summed E-state index contributed by atoms with van der Waals surface area (Å²) >= 11 is 6.82. The van der Waals surface area contributed by atoms with Crippen molar-refractivity contribution in [2.45, 2.75) is 19.3 Å². The fourth-order valence-corrected chi connectivity index (χ4v) is 3.77. The molecule has 166 valence electrons. The van der Waals surface area contributed by atoms with Crippen molar-refractivity contribution in [3.05, 3.63) is 146 Å². The van der Waals surface area contributed by atoms with Crippen molar-refractivity contribution < 1.29 is 4.79 Å². The molecule has 4 aromatic carbocycles. The topological polar surface area (TPSA) is 17.1 Å². The molecular formula is C30H26Br2O. The zero-order chi connectivity index (χ0) is 23.3. The minimum absolute atomic E-state index is 0.0218. The van der Waals surface area contributed by atoms with Crippen LogP contribution in [0.1, 0.15) is 33.5 Å². The van der Waals surface area contributed by atoms with Crippen LogP contribution in [0.2, 0.25) is 0 Å². The van der Waals surface area contributed by atoms with E-state index >= 15 is 0 Å². The van der Waals surface area contributed by atoms with Gasteiger partial charge in [0.2, 0.25) is 0 Å². The number of carbonyl (C=O) groups is 1. The van der Waals surface area contributed by atoms with E-state index in [1.807, 2.05) is 60.7 Å². The maximum atomic E-state index is 11.8. The van der Waals surface area contributed by atoms with Crippen LogP contribution in [0.5, 0.6) is 0 Å². The van der Waals surface area contributed by atoms with Gasteiger partial charge in [0.1, 0.15) is 0 Å². The summed E-state index contributed by atoms with van der Waals surface area (Å²) < 4.78 is 2.18. The van der Waals surface area contributed by atoms with Crippen molar-refractivity contribution in [2.75, 3.05) is 0 Å². The van der Waals surface area contributed by atoms with Gasteiger partial charge < -0.3 is 0 Å². The van der Waals surface area contributed by atoms with Gasteiger partial charge >= 0.3 is 0 Å². The molecule has 0 saturated heterocycles. The summed E-state index contributed by atoms with van der Waals surface area (Å²) in [5, 5.41) is 0. The highest BCUT2D eigenvalue weighted by Gasteiger charge is 1.99. The lowest BCUT2D eigenvalue weighted by atomic mass is 10.0. The van der Waals surface area contributed by atoms with Crippen LogP contribution >= 0.6 is 31.9 Å². The Hall–Kier alpha value is -2.75. The Morgan fingerprint density at radius 3 is 1.67 bits per heavy atom. The van der Waals surface area contributed by atoms with Gasteiger partial charge in [-0.05, 0) is 66.3 Å². The first kappa shape index (κ1) is 24.9. The number of hydrogen-bond donors (Lipinski definition) is 0. The molecule has 0 saturated carbocycles. The molecule has 0 fully saturated rings. The monoisotopic (exact) mass is 560 g/mol. The molecule has 3 heteroatoms. The van der Waals surface area contributed by atoms with Gasteiger partial charge in [-0.2, -0.15) is 0 Å². The van der Waals surface area contributed by atoms with Crippen molar-refractivity contribution in [1.82, 2.24) is 0 Å². The predicted octanol–water partition coefficient (Wildman–Crippen LogP) is 8.97. The van der Waals surface area contributed by atoms with Gasteiger partial charge in [-0.3, -0.25) is 4.79 Å². The van der Waals surface area contributed by atoms with Gasteiger partial charge in [-0.15, -0.1) is 0 Å². The Kier molecular flexibility index (Phi) is 10.3. The first-order chi connectivity index (χ1) is 16.1. The smallest absolute Gasteiger partial charge is 0.185 e. The first-order valence-electron chi connectivity index (χ1n) is 10.9. The predicted molar refractivity (Wildman–Crippen MR) is 147 cm³/mol. The third-order valence-electron chi connectivity index (χ3n) is 5.04. The van der Waals surface area contributed by atoms with E-state index < -0.39 is 0 Å². The lowest BCUT2D eigenvalue weighted by molar-refractivity contribution is 0.104. The maximum Gasteiger partial charge on any atom is 0.185 e. The maximum absolute atomic E-state index is 11.8. The van der Waals surface area contributed by atoms with Gasteiger partial charge in [0.05, 0.1) is 0 Å². The van der Waals surface area contributed by atoms with Crippen molar-refractivity contribution >= 4 is 43.7 Å². The third-order valence-corrected chi connectivity index (χ3v) is 6.10. The minimum atomic E-state index is 0.0218. The molecule has 1 nitrogen and oxygen atoms in total. The zero-order valence-electron chi connectivity index (χ0n) is 18.3. The lowest BCUT2D eigenvalue weighted by Gasteiger charge is -2.02. The summed E-state index contributed by atoms with van der Waals surface area (Å²) in [5.41, 5.74) is 4.57. The van der Waals surface area contributed by atoms with E-state index in [-0.39, 0.29) is 5.78 Å². The summed E-state index contributed by atoms with van der Waals surface area (Å²) in [6.45, 7) is 0. The fraction of sp³-hybridized carbons (Fsp3) is 0.100. The Balaban J connectivity index is 0.000000186. The second-order valence-corrected chi connectivity index (χ2v) is 9.41. The van der Waals surface area contributed by atoms with Crippen LogP contribution in [0.4, 0.5) is 0 Å². The van der Waals surface area contributed by atoms with Crippen LogP contribution < -0.4 is 0 Å². The van der Waals surface area contributed by atoms with Crippen molar-refractivity contribution in [3.63, 3.8) is 0 Å². The Morgan fingerprint density at radius 2 is 1.09 bits per heavy atom. The molecule has 0 spiro atoms. The molecule has 0 amide bonds. The third kappa shape index (κ3) is 9.33. The number of hydrogen-bond acceptors (Lipinski definition) is 1. The standard InChI is InChI=1S/C15H11BrO.C15H15Br/c16-14-9-6-12(7-10-14)8-11-15(17)13-4-2-1-3-5-13;16-15-11-9-14(10-12-15)8-4-7-13-5-2-1-3-6-13/h1-11H;1-3,5-6,9-12H,4,7-8H2/b11-8+;. The van der Waals surface area contributed by atoms with Gasteiger partial charge in [-0.1, -0.05) is 123 Å². The molecule has 0 radical (unpaired) electrons. The molecule has 0 N–H and O–H groups in total. The van der Waals surface area contributed by atoms with Crippen molar-refractivity contribution in [3.8, 4) is 0 Å². The highest BCUT2D eigenvalue weighted by Crippen LogP contribution is 2.14. The SMILES string of the molecule is Brc1ccc(CCCc2ccccc2)cc1.O=C(/C=C/c1ccc(Br)cc1)c1ccccc1. The number of carbonyl (C=O) groups excluding carboxylic acids is 1. The summed E-state index contributed by atoms with van der Waals surface area (Å²) in [4.78, 5) is 11.8. The van der Waals surface area contributed by atoms with Crippen LogP contribution in [-0.2, 0) is 12.8 Å². The number of ketones is 1. The number of rotatable bonds is 7. The molecule has 0 aliphatic carbocycles. The van der Waals surface area contributed by atoms with E-state index in [1.165, 1.54) is 17.5 Å².